The molecule has 8 heteroatoms. The van der Waals surface area contributed by atoms with E-state index in [0.29, 0.717) is 30.9 Å². The number of thioether (sulfide) groups is 1. The Kier molecular flexibility index (Phi) is 9.81. The molecule has 4 aromatic rings. The van der Waals surface area contributed by atoms with Gasteiger partial charge in [-0.25, -0.2) is 0 Å². The lowest BCUT2D eigenvalue weighted by Crippen LogP contribution is -2.25. The smallest absolute Gasteiger partial charge is 0.220 e. The van der Waals surface area contributed by atoms with Gasteiger partial charge in [0.15, 0.2) is 16.7 Å². The summed E-state index contributed by atoms with van der Waals surface area (Å²) < 4.78 is 12.8. The van der Waals surface area contributed by atoms with Crippen LogP contribution in [0.15, 0.2) is 78.0 Å². The molecule has 1 heterocycles. The second-order valence-electron chi connectivity index (χ2n) is 8.98. The van der Waals surface area contributed by atoms with E-state index < -0.39 is 0 Å². The summed E-state index contributed by atoms with van der Waals surface area (Å²) in [5, 5.41) is 12.9. The summed E-state index contributed by atoms with van der Waals surface area (Å²) in [6.45, 7) is 2.66. The molecule has 0 radical (unpaired) electrons. The Labute approximate surface area is 228 Å². The van der Waals surface area contributed by atoms with E-state index in [1.807, 2.05) is 36.4 Å². The Morgan fingerprint density at radius 3 is 2.50 bits per heavy atom. The summed E-state index contributed by atoms with van der Waals surface area (Å²) in [4.78, 5) is 12.4. The van der Waals surface area contributed by atoms with Crippen LogP contribution in [-0.4, -0.2) is 47.2 Å². The van der Waals surface area contributed by atoms with Gasteiger partial charge < -0.3 is 14.8 Å². The van der Waals surface area contributed by atoms with Gasteiger partial charge in [-0.2, -0.15) is 0 Å². The zero-order chi connectivity index (χ0) is 26.7. The van der Waals surface area contributed by atoms with Gasteiger partial charge in [-0.1, -0.05) is 60.3 Å². The fourth-order valence-corrected chi connectivity index (χ4v) is 5.09. The van der Waals surface area contributed by atoms with Gasteiger partial charge in [-0.3, -0.25) is 9.36 Å². The van der Waals surface area contributed by atoms with Crippen LogP contribution in [0.2, 0.25) is 0 Å². The fraction of sp³-hybridized carbons (Fsp3) is 0.300. The summed E-state index contributed by atoms with van der Waals surface area (Å²) in [7, 11) is 3.24. The van der Waals surface area contributed by atoms with Crippen molar-refractivity contribution < 1.29 is 14.3 Å². The summed E-state index contributed by atoms with van der Waals surface area (Å²) in [6.07, 6.45) is 2.64. The largest absolute Gasteiger partial charge is 0.493 e. The maximum atomic E-state index is 12.4. The summed E-state index contributed by atoms with van der Waals surface area (Å²) in [6, 6.07) is 24.5. The van der Waals surface area contributed by atoms with Gasteiger partial charge in [-0.05, 0) is 60.7 Å². The number of rotatable bonds is 13. The molecular formula is C30H34N4O3S. The number of amides is 1. The zero-order valence-electron chi connectivity index (χ0n) is 22.1. The average Bonchev–Trinajstić information content (AvgIpc) is 3.33. The summed E-state index contributed by atoms with van der Waals surface area (Å²) >= 11 is 1.63. The van der Waals surface area contributed by atoms with Crippen molar-refractivity contribution in [1.82, 2.24) is 20.1 Å². The Bertz CT molecular complexity index is 1340. The lowest BCUT2D eigenvalue weighted by atomic mass is 10.1. The minimum Gasteiger partial charge on any atom is -0.493 e. The first-order chi connectivity index (χ1) is 18.6. The third kappa shape index (κ3) is 7.38. The number of aromatic nitrogens is 3. The second kappa shape index (κ2) is 13.7. The van der Waals surface area contributed by atoms with Crippen LogP contribution in [0.1, 0.15) is 35.4 Å². The molecule has 0 unspecified atom stereocenters. The lowest BCUT2D eigenvalue weighted by molar-refractivity contribution is -0.121. The Balaban J connectivity index is 1.30. The van der Waals surface area contributed by atoms with Crippen LogP contribution >= 0.6 is 11.8 Å². The standard InChI is InChI=1S/C30H34N4O3S/c1-22-9-7-12-25(19-22)34-28(21-23-10-5-4-6-11-23)32-33-30(34)38-18-8-13-29(35)31-17-16-24-14-15-26(36-2)27(20-24)37-3/h4-7,9-12,14-15,19-20H,8,13,16-18,21H2,1-3H3,(H,31,35). The van der Waals surface area contributed by atoms with Crippen LogP contribution in [0, 0.1) is 6.92 Å². The molecule has 198 valence electrons. The molecule has 0 aliphatic carbocycles. The van der Waals surface area contributed by atoms with Crippen LogP contribution in [-0.2, 0) is 17.6 Å². The highest BCUT2D eigenvalue weighted by Crippen LogP contribution is 2.28. The molecule has 4 rings (SSSR count). The molecule has 0 saturated heterocycles. The zero-order valence-corrected chi connectivity index (χ0v) is 23.0. The van der Waals surface area contributed by atoms with Crippen molar-refractivity contribution in [1.29, 1.82) is 0 Å². The van der Waals surface area contributed by atoms with E-state index in [2.05, 4.69) is 63.4 Å². The van der Waals surface area contributed by atoms with Crippen molar-refractivity contribution >= 4 is 17.7 Å². The first-order valence-corrected chi connectivity index (χ1v) is 13.7. The molecule has 0 aliphatic rings. The predicted molar refractivity (Wildman–Crippen MR) is 152 cm³/mol. The minimum atomic E-state index is 0.0518. The van der Waals surface area contributed by atoms with Crippen molar-refractivity contribution in [3.63, 3.8) is 0 Å². The Morgan fingerprint density at radius 2 is 1.74 bits per heavy atom. The van der Waals surface area contributed by atoms with Crippen LogP contribution < -0.4 is 14.8 Å². The molecule has 0 atom stereocenters. The number of carbonyl (C=O) groups is 1. The van der Waals surface area contributed by atoms with E-state index >= 15 is 0 Å². The van der Waals surface area contributed by atoms with Crippen LogP contribution in [0.25, 0.3) is 5.69 Å². The lowest BCUT2D eigenvalue weighted by Gasteiger charge is -2.11. The fourth-order valence-electron chi connectivity index (χ4n) is 4.18. The third-order valence-electron chi connectivity index (χ3n) is 6.13. The highest BCUT2D eigenvalue weighted by molar-refractivity contribution is 7.99. The first-order valence-electron chi connectivity index (χ1n) is 12.7. The SMILES string of the molecule is COc1ccc(CCNC(=O)CCCSc2nnc(Cc3ccccc3)n2-c2cccc(C)c2)cc1OC. The predicted octanol–water partition coefficient (Wildman–Crippen LogP) is 5.41. The van der Waals surface area contributed by atoms with Gasteiger partial charge in [0.25, 0.3) is 0 Å². The Hall–Kier alpha value is -3.78. The number of ether oxygens (including phenoxy) is 2. The average molecular weight is 531 g/mol. The molecule has 0 saturated carbocycles. The van der Waals surface area contributed by atoms with Crippen molar-refractivity contribution in [3.05, 3.63) is 95.3 Å². The van der Waals surface area contributed by atoms with Gasteiger partial charge in [0.1, 0.15) is 5.82 Å². The molecular weight excluding hydrogens is 496 g/mol. The summed E-state index contributed by atoms with van der Waals surface area (Å²) in [5.41, 5.74) is 4.51. The molecule has 0 spiro atoms. The number of hydrogen-bond donors (Lipinski definition) is 1. The number of aryl methyl sites for hydroxylation is 1. The van der Waals surface area contributed by atoms with Gasteiger partial charge in [0.05, 0.1) is 14.2 Å². The Morgan fingerprint density at radius 1 is 0.921 bits per heavy atom. The monoisotopic (exact) mass is 530 g/mol. The molecule has 1 N–H and O–H groups in total. The summed E-state index contributed by atoms with van der Waals surface area (Å²) in [5.74, 6) is 3.12. The van der Waals surface area contributed by atoms with Crippen LogP contribution in [0.3, 0.4) is 0 Å². The minimum absolute atomic E-state index is 0.0518. The molecule has 0 fully saturated rings. The van der Waals surface area contributed by atoms with Crippen LogP contribution in [0.5, 0.6) is 11.5 Å². The van der Waals surface area contributed by atoms with Gasteiger partial charge >= 0.3 is 0 Å². The number of methoxy groups -OCH3 is 2. The number of nitrogens with zero attached hydrogens (tertiary/aromatic N) is 3. The number of nitrogens with one attached hydrogen (secondary N) is 1. The van der Waals surface area contributed by atoms with Crippen molar-refractivity contribution in [3.8, 4) is 17.2 Å². The number of hydrogen-bond acceptors (Lipinski definition) is 6. The second-order valence-corrected chi connectivity index (χ2v) is 10.0. The van der Waals surface area contributed by atoms with Gasteiger partial charge in [0.2, 0.25) is 5.91 Å². The van der Waals surface area contributed by atoms with E-state index in [1.165, 1.54) is 11.1 Å². The highest BCUT2D eigenvalue weighted by atomic mass is 32.2. The third-order valence-corrected chi connectivity index (χ3v) is 7.14. The highest BCUT2D eigenvalue weighted by Gasteiger charge is 2.15. The van der Waals surface area contributed by atoms with E-state index in [-0.39, 0.29) is 5.91 Å². The van der Waals surface area contributed by atoms with Crippen LogP contribution in [0.4, 0.5) is 0 Å². The molecule has 1 amide bonds. The molecule has 3 aromatic carbocycles. The molecule has 1 aromatic heterocycles. The van der Waals surface area contributed by atoms with E-state index in [0.717, 1.165) is 40.8 Å². The maximum absolute atomic E-state index is 12.4. The number of carbonyl (C=O) groups excluding carboxylic acids is 1. The van der Waals surface area contributed by atoms with E-state index in [4.69, 9.17) is 9.47 Å². The molecule has 0 bridgehead atoms. The molecule has 38 heavy (non-hydrogen) atoms. The number of benzene rings is 3. The first kappa shape index (κ1) is 27.3. The topological polar surface area (TPSA) is 78.3 Å². The quantitative estimate of drug-likeness (QED) is 0.184. The van der Waals surface area contributed by atoms with Crippen molar-refractivity contribution in [2.75, 3.05) is 26.5 Å². The van der Waals surface area contributed by atoms with E-state index in [1.54, 1.807) is 26.0 Å². The molecule has 0 aliphatic heterocycles. The maximum Gasteiger partial charge on any atom is 0.220 e. The van der Waals surface area contributed by atoms with Crippen molar-refractivity contribution in [2.45, 2.75) is 37.8 Å². The van der Waals surface area contributed by atoms with Gasteiger partial charge in [0, 0.05) is 30.8 Å². The molecule has 7 nitrogen and oxygen atoms in total. The van der Waals surface area contributed by atoms with Crippen molar-refractivity contribution in [2.24, 2.45) is 0 Å². The van der Waals surface area contributed by atoms with Gasteiger partial charge in [-0.15, -0.1) is 10.2 Å². The van der Waals surface area contributed by atoms with E-state index in [9.17, 15) is 4.79 Å². The normalized spacial score (nSPS) is 10.8.